The molecule has 1 aromatic rings. The molecule has 0 bridgehead atoms. The molecular formula is C13H16ClNO4. The van der Waals surface area contributed by atoms with Gasteiger partial charge in [0, 0.05) is 24.9 Å². The minimum atomic E-state index is -1.17. The summed E-state index contributed by atoms with van der Waals surface area (Å²) in [5.74, 6) is -1.83. The molecule has 1 N–H and O–H groups in total. The first-order chi connectivity index (χ1) is 8.59. The van der Waals surface area contributed by atoms with Crippen LogP contribution in [0.1, 0.15) is 0 Å². The maximum atomic E-state index is 11.1. The molecule has 0 saturated carbocycles. The lowest BCUT2D eigenvalue weighted by Gasteiger charge is -2.18. The van der Waals surface area contributed by atoms with E-state index in [2.05, 4.69) is 0 Å². The van der Waals surface area contributed by atoms with Gasteiger partial charge in [0.2, 0.25) is 0 Å². The average Bonchev–Trinajstić information content (AvgIpc) is 2.37. The van der Waals surface area contributed by atoms with Crippen LogP contribution in [0.2, 0.25) is 0 Å². The van der Waals surface area contributed by atoms with Crippen molar-refractivity contribution in [1.29, 1.82) is 0 Å². The van der Waals surface area contributed by atoms with Crippen LogP contribution in [0.15, 0.2) is 42.5 Å². The minimum absolute atomic E-state index is 0. The van der Waals surface area contributed by atoms with E-state index in [4.69, 9.17) is 9.84 Å². The summed E-state index contributed by atoms with van der Waals surface area (Å²) in [6.07, 6.45) is 1.65. The molecule has 19 heavy (non-hydrogen) atoms. The molecule has 0 aliphatic rings. The first-order valence-electron chi connectivity index (χ1n) is 5.43. The number of carboxylic acids is 1. The molecule has 1 aromatic carbocycles. The van der Waals surface area contributed by atoms with Crippen molar-refractivity contribution in [2.45, 2.75) is 0 Å². The third kappa shape index (κ3) is 7.10. The largest absolute Gasteiger partial charge is 0.478 e. The number of nitrogens with zero attached hydrogens (tertiary/aromatic N) is 1. The Bertz CT molecular complexity index is 434. The third-order valence-electron chi connectivity index (χ3n) is 2.23. The topological polar surface area (TPSA) is 66.8 Å². The van der Waals surface area contributed by atoms with Crippen LogP contribution in [-0.4, -0.2) is 37.2 Å². The molecule has 6 heteroatoms. The van der Waals surface area contributed by atoms with Crippen LogP contribution in [0.25, 0.3) is 0 Å². The van der Waals surface area contributed by atoms with Gasteiger partial charge in [-0.2, -0.15) is 0 Å². The van der Waals surface area contributed by atoms with Gasteiger partial charge in [0.05, 0.1) is 6.54 Å². The number of esters is 1. The summed E-state index contributed by atoms with van der Waals surface area (Å²) in [4.78, 5) is 23.2. The van der Waals surface area contributed by atoms with Crippen LogP contribution in [0.3, 0.4) is 0 Å². The fourth-order valence-corrected chi connectivity index (χ4v) is 1.28. The van der Waals surface area contributed by atoms with Crippen molar-refractivity contribution in [2.75, 3.05) is 25.1 Å². The average molecular weight is 286 g/mol. The number of hydrogen-bond acceptors (Lipinski definition) is 4. The molecule has 0 unspecified atom stereocenters. The van der Waals surface area contributed by atoms with Crippen molar-refractivity contribution in [3.05, 3.63) is 42.5 Å². The lowest BCUT2D eigenvalue weighted by molar-refractivity contribution is -0.138. The Morgan fingerprint density at radius 2 is 1.89 bits per heavy atom. The molecule has 0 aliphatic carbocycles. The number of carbonyl (C=O) groups excluding carboxylic acids is 1. The molecule has 1 rings (SSSR count). The Hall–Kier alpha value is -2.01. The van der Waals surface area contributed by atoms with Crippen molar-refractivity contribution in [3.8, 4) is 0 Å². The normalized spacial score (nSPS) is 9.74. The summed E-state index contributed by atoms with van der Waals surface area (Å²) in [5, 5.41) is 8.32. The van der Waals surface area contributed by atoms with Crippen LogP contribution in [0, 0.1) is 0 Å². The standard InChI is InChI=1S/C13H15NO4.ClH/c1-14(11-5-3-2-4-6-11)9-10-18-13(17)8-7-12(15)16;/h2-8H,9-10H2,1H3,(H,15,16);1H/b8-7+;. The van der Waals surface area contributed by atoms with E-state index >= 15 is 0 Å². The van der Waals surface area contributed by atoms with Crippen LogP contribution in [0.4, 0.5) is 5.69 Å². The van der Waals surface area contributed by atoms with Gasteiger partial charge in [-0.05, 0) is 12.1 Å². The SMILES string of the molecule is CN(CCOC(=O)/C=C/C(=O)O)c1ccccc1.Cl. The van der Waals surface area contributed by atoms with E-state index in [1.807, 2.05) is 42.3 Å². The summed E-state index contributed by atoms with van der Waals surface area (Å²) in [6, 6.07) is 9.67. The Labute approximate surface area is 117 Å². The lowest BCUT2D eigenvalue weighted by atomic mass is 10.3. The van der Waals surface area contributed by atoms with E-state index in [-0.39, 0.29) is 19.0 Å². The van der Waals surface area contributed by atoms with E-state index in [1.165, 1.54) is 0 Å². The zero-order valence-corrected chi connectivity index (χ0v) is 11.3. The minimum Gasteiger partial charge on any atom is -0.478 e. The van der Waals surface area contributed by atoms with Gasteiger partial charge in [-0.25, -0.2) is 9.59 Å². The first-order valence-corrected chi connectivity index (χ1v) is 5.43. The fraction of sp³-hybridized carbons (Fsp3) is 0.231. The number of para-hydroxylation sites is 1. The number of halogens is 1. The molecule has 0 amide bonds. The second-order valence-electron chi connectivity index (χ2n) is 3.60. The highest BCUT2D eigenvalue weighted by Gasteiger charge is 2.02. The second-order valence-corrected chi connectivity index (χ2v) is 3.60. The van der Waals surface area contributed by atoms with E-state index < -0.39 is 11.9 Å². The molecule has 0 saturated heterocycles. The van der Waals surface area contributed by atoms with E-state index in [9.17, 15) is 9.59 Å². The predicted molar refractivity (Wildman–Crippen MR) is 74.7 cm³/mol. The first kappa shape index (κ1) is 17.0. The number of carboxylic acid groups (broad SMARTS) is 1. The van der Waals surface area contributed by atoms with Crippen LogP contribution < -0.4 is 4.90 Å². The summed E-state index contributed by atoms with van der Waals surface area (Å²) >= 11 is 0. The van der Waals surface area contributed by atoms with Gasteiger partial charge in [-0.15, -0.1) is 12.4 Å². The van der Waals surface area contributed by atoms with E-state index in [1.54, 1.807) is 0 Å². The molecule has 0 atom stereocenters. The lowest BCUT2D eigenvalue weighted by Crippen LogP contribution is -2.23. The molecule has 5 nitrogen and oxygen atoms in total. The molecule has 0 heterocycles. The van der Waals surface area contributed by atoms with Crippen LogP contribution in [-0.2, 0) is 14.3 Å². The quantitative estimate of drug-likeness (QED) is 0.637. The van der Waals surface area contributed by atoms with Crippen molar-refractivity contribution < 1.29 is 19.4 Å². The molecule has 0 aromatic heterocycles. The Morgan fingerprint density at radius 1 is 1.26 bits per heavy atom. The Balaban J connectivity index is 0.00000324. The smallest absolute Gasteiger partial charge is 0.331 e. The Morgan fingerprint density at radius 3 is 2.47 bits per heavy atom. The number of carbonyl (C=O) groups is 2. The summed E-state index contributed by atoms with van der Waals surface area (Å²) in [5.41, 5.74) is 1.02. The summed E-state index contributed by atoms with van der Waals surface area (Å²) < 4.78 is 4.85. The highest BCUT2D eigenvalue weighted by Crippen LogP contribution is 2.09. The Kier molecular flexibility index (Phi) is 8.04. The van der Waals surface area contributed by atoms with Gasteiger partial charge in [0.1, 0.15) is 6.61 Å². The van der Waals surface area contributed by atoms with Crippen molar-refractivity contribution in [3.63, 3.8) is 0 Å². The number of hydrogen-bond donors (Lipinski definition) is 1. The van der Waals surface area contributed by atoms with Gasteiger partial charge < -0.3 is 14.7 Å². The third-order valence-corrected chi connectivity index (χ3v) is 2.23. The molecule has 0 radical (unpaired) electrons. The molecule has 0 fully saturated rings. The number of benzene rings is 1. The van der Waals surface area contributed by atoms with E-state index in [0.29, 0.717) is 6.54 Å². The van der Waals surface area contributed by atoms with Crippen molar-refractivity contribution >= 4 is 30.0 Å². The van der Waals surface area contributed by atoms with Gasteiger partial charge in [0.25, 0.3) is 0 Å². The number of rotatable bonds is 6. The second kappa shape index (κ2) is 8.99. The fourth-order valence-electron chi connectivity index (χ4n) is 1.28. The molecule has 0 spiro atoms. The number of aliphatic carboxylic acids is 1. The maximum absolute atomic E-state index is 11.1. The van der Waals surface area contributed by atoms with Gasteiger partial charge in [-0.1, -0.05) is 18.2 Å². The van der Waals surface area contributed by atoms with Gasteiger partial charge in [0.15, 0.2) is 0 Å². The van der Waals surface area contributed by atoms with Crippen molar-refractivity contribution in [2.24, 2.45) is 0 Å². The molecule has 0 aliphatic heterocycles. The van der Waals surface area contributed by atoms with Crippen LogP contribution >= 0.6 is 12.4 Å². The highest BCUT2D eigenvalue weighted by molar-refractivity contribution is 5.90. The summed E-state index contributed by atoms with van der Waals surface area (Å²) in [6.45, 7) is 0.741. The van der Waals surface area contributed by atoms with Crippen molar-refractivity contribution in [1.82, 2.24) is 0 Å². The van der Waals surface area contributed by atoms with Crippen LogP contribution in [0.5, 0.6) is 0 Å². The number of ether oxygens (including phenoxy) is 1. The molecular weight excluding hydrogens is 270 g/mol. The zero-order chi connectivity index (χ0) is 13.4. The number of anilines is 1. The molecule has 104 valence electrons. The van der Waals surface area contributed by atoms with Gasteiger partial charge >= 0.3 is 11.9 Å². The summed E-state index contributed by atoms with van der Waals surface area (Å²) in [7, 11) is 1.89. The predicted octanol–water partition coefficient (Wildman–Crippen LogP) is 1.73. The van der Waals surface area contributed by atoms with E-state index in [0.717, 1.165) is 17.8 Å². The highest BCUT2D eigenvalue weighted by atomic mass is 35.5. The maximum Gasteiger partial charge on any atom is 0.331 e. The monoisotopic (exact) mass is 285 g/mol. The zero-order valence-electron chi connectivity index (χ0n) is 10.5. The number of likely N-dealkylation sites (N-methyl/N-ethyl adjacent to an activating group) is 1. The van der Waals surface area contributed by atoms with Gasteiger partial charge in [-0.3, -0.25) is 0 Å².